The molecule has 0 aliphatic heterocycles. The molecule has 3 aromatic carbocycles. The van der Waals surface area contributed by atoms with E-state index in [1.54, 1.807) is 19.4 Å². The molecule has 164 valence electrons. The highest BCUT2D eigenvalue weighted by Gasteiger charge is 2.15. The second-order valence-electron chi connectivity index (χ2n) is 7.82. The van der Waals surface area contributed by atoms with E-state index in [2.05, 4.69) is 10.3 Å². The minimum atomic E-state index is -0.234. The van der Waals surface area contributed by atoms with Crippen LogP contribution < -0.4 is 10.1 Å². The number of carbonyl (C=O) groups is 1. The monoisotopic (exact) mass is 454 g/mol. The van der Waals surface area contributed by atoms with Crippen LogP contribution in [0.15, 0.2) is 77.4 Å². The van der Waals surface area contributed by atoms with Gasteiger partial charge in [-0.1, -0.05) is 53.8 Å². The van der Waals surface area contributed by atoms with Crippen molar-refractivity contribution < 1.29 is 13.9 Å². The summed E-state index contributed by atoms with van der Waals surface area (Å²) in [5.41, 5.74) is 6.41. The van der Waals surface area contributed by atoms with E-state index >= 15 is 0 Å². The number of hydrogen-bond donors (Lipinski definition) is 1. The first-order chi connectivity index (χ1) is 16.0. The molecule has 33 heavy (non-hydrogen) atoms. The molecule has 0 aliphatic carbocycles. The average Bonchev–Trinajstić information content (AvgIpc) is 3.42. The van der Waals surface area contributed by atoms with Crippen LogP contribution in [0.1, 0.15) is 18.1 Å². The maximum Gasteiger partial charge on any atom is 0.250 e. The molecule has 0 saturated heterocycles. The van der Waals surface area contributed by atoms with E-state index in [0.717, 1.165) is 49.0 Å². The molecule has 0 atom stereocenters. The van der Waals surface area contributed by atoms with Gasteiger partial charge in [0.15, 0.2) is 5.13 Å². The third kappa shape index (κ3) is 4.01. The number of nitrogens with one attached hydrogen (secondary N) is 1. The summed E-state index contributed by atoms with van der Waals surface area (Å²) < 4.78 is 12.4. The third-order valence-electron chi connectivity index (χ3n) is 5.60. The molecule has 0 fully saturated rings. The lowest BCUT2D eigenvalue weighted by Gasteiger charge is -2.10. The lowest BCUT2D eigenvalue weighted by molar-refractivity contribution is -0.111. The number of rotatable bonds is 5. The van der Waals surface area contributed by atoms with Crippen molar-refractivity contribution in [3.63, 3.8) is 0 Å². The number of carbonyl (C=O) groups excluding carboxylic acids is 1. The molecular weight excluding hydrogens is 432 g/mol. The van der Waals surface area contributed by atoms with E-state index in [1.165, 1.54) is 11.3 Å². The van der Waals surface area contributed by atoms with Crippen molar-refractivity contribution in [3.05, 3.63) is 84.1 Å². The molecule has 5 rings (SSSR count). The van der Waals surface area contributed by atoms with Gasteiger partial charge in [0.05, 0.1) is 23.6 Å². The lowest BCUT2D eigenvalue weighted by atomic mass is 9.99. The first-order valence-corrected chi connectivity index (χ1v) is 11.4. The largest absolute Gasteiger partial charge is 0.496 e. The van der Waals surface area contributed by atoms with E-state index in [-0.39, 0.29) is 5.91 Å². The first-order valence-electron chi connectivity index (χ1n) is 10.5. The number of para-hydroxylation sites is 1. The van der Waals surface area contributed by atoms with Gasteiger partial charge in [-0.25, -0.2) is 4.98 Å². The standard InChI is InChI=1S/C27H22N2O3S/c1-16-8-7-11-24-26(16)29-27(33-24)28-25(30)12-17(2)19-13-20-21(18-9-5-4-6-10-18)15-32-23(20)14-22(19)31-3/h4-15H,1-3H3,(H,28,29,30)/b17-12+. The van der Waals surface area contributed by atoms with Crippen LogP contribution in [0.25, 0.3) is 37.9 Å². The Morgan fingerprint density at radius 1 is 1.12 bits per heavy atom. The summed E-state index contributed by atoms with van der Waals surface area (Å²) in [5, 5.41) is 4.44. The minimum Gasteiger partial charge on any atom is -0.496 e. The van der Waals surface area contributed by atoms with Gasteiger partial charge < -0.3 is 9.15 Å². The summed E-state index contributed by atoms with van der Waals surface area (Å²) in [6, 6.07) is 20.0. The number of hydrogen-bond acceptors (Lipinski definition) is 5. The minimum absolute atomic E-state index is 0.234. The van der Waals surface area contributed by atoms with Crippen LogP contribution in [0.2, 0.25) is 0 Å². The number of nitrogens with zero attached hydrogens (tertiary/aromatic N) is 1. The second-order valence-corrected chi connectivity index (χ2v) is 8.85. The van der Waals surface area contributed by atoms with Gasteiger partial charge in [-0.15, -0.1) is 0 Å². The number of fused-ring (bicyclic) bond motifs is 2. The Hall–Kier alpha value is -3.90. The summed E-state index contributed by atoms with van der Waals surface area (Å²) in [6.07, 6.45) is 3.33. The van der Waals surface area contributed by atoms with Crippen molar-refractivity contribution in [1.82, 2.24) is 4.98 Å². The third-order valence-corrected chi connectivity index (χ3v) is 6.54. The van der Waals surface area contributed by atoms with Gasteiger partial charge in [-0.05, 0) is 42.7 Å². The van der Waals surface area contributed by atoms with Gasteiger partial charge in [0.2, 0.25) is 5.91 Å². The molecule has 0 radical (unpaired) electrons. The smallest absolute Gasteiger partial charge is 0.250 e. The van der Waals surface area contributed by atoms with Gasteiger partial charge in [-0.3, -0.25) is 10.1 Å². The molecule has 0 saturated carbocycles. The number of furan rings is 1. The zero-order valence-electron chi connectivity index (χ0n) is 18.5. The molecule has 1 N–H and O–H groups in total. The van der Waals surface area contributed by atoms with Crippen molar-refractivity contribution in [1.29, 1.82) is 0 Å². The molecule has 2 heterocycles. The van der Waals surface area contributed by atoms with Crippen LogP contribution in [0, 0.1) is 6.92 Å². The lowest BCUT2D eigenvalue weighted by Crippen LogP contribution is -2.08. The Morgan fingerprint density at radius 2 is 1.94 bits per heavy atom. The zero-order valence-corrected chi connectivity index (χ0v) is 19.3. The number of aromatic nitrogens is 1. The Morgan fingerprint density at radius 3 is 2.70 bits per heavy atom. The van der Waals surface area contributed by atoms with Crippen molar-refractivity contribution >= 4 is 49.1 Å². The van der Waals surface area contributed by atoms with Crippen LogP contribution in [0.4, 0.5) is 5.13 Å². The van der Waals surface area contributed by atoms with E-state index in [1.807, 2.05) is 74.5 Å². The Labute approximate surface area is 195 Å². The van der Waals surface area contributed by atoms with E-state index < -0.39 is 0 Å². The molecule has 5 nitrogen and oxygen atoms in total. The van der Waals surface area contributed by atoms with E-state index in [0.29, 0.717) is 10.9 Å². The van der Waals surface area contributed by atoms with Crippen molar-refractivity contribution in [3.8, 4) is 16.9 Å². The second kappa shape index (κ2) is 8.56. The topological polar surface area (TPSA) is 64.4 Å². The highest BCUT2D eigenvalue weighted by Crippen LogP contribution is 2.37. The number of methoxy groups -OCH3 is 1. The molecule has 0 aliphatic rings. The first kappa shape index (κ1) is 21.0. The number of allylic oxidation sites excluding steroid dienone is 1. The van der Waals surface area contributed by atoms with Crippen LogP contribution in [0.3, 0.4) is 0 Å². The number of amides is 1. The van der Waals surface area contributed by atoms with Gasteiger partial charge in [-0.2, -0.15) is 0 Å². The highest BCUT2D eigenvalue weighted by atomic mass is 32.1. The Balaban J connectivity index is 1.48. The molecule has 2 aromatic heterocycles. The average molecular weight is 455 g/mol. The summed E-state index contributed by atoms with van der Waals surface area (Å²) in [6.45, 7) is 3.91. The summed E-state index contributed by atoms with van der Waals surface area (Å²) in [7, 11) is 1.61. The van der Waals surface area contributed by atoms with Crippen molar-refractivity contribution in [2.24, 2.45) is 0 Å². The van der Waals surface area contributed by atoms with Crippen LogP contribution in [-0.2, 0) is 4.79 Å². The summed E-state index contributed by atoms with van der Waals surface area (Å²) in [5.74, 6) is 0.412. The summed E-state index contributed by atoms with van der Waals surface area (Å²) in [4.78, 5) is 17.3. The normalized spacial score (nSPS) is 11.8. The Kier molecular flexibility index (Phi) is 5.44. The van der Waals surface area contributed by atoms with Gasteiger partial charge in [0.1, 0.15) is 11.3 Å². The number of benzene rings is 3. The van der Waals surface area contributed by atoms with Crippen LogP contribution >= 0.6 is 11.3 Å². The fourth-order valence-electron chi connectivity index (χ4n) is 3.93. The van der Waals surface area contributed by atoms with E-state index in [4.69, 9.17) is 9.15 Å². The number of ether oxygens (including phenoxy) is 1. The van der Waals surface area contributed by atoms with Crippen molar-refractivity contribution in [2.45, 2.75) is 13.8 Å². The van der Waals surface area contributed by atoms with E-state index in [9.17, 15) is 4.79 Å². The predicted molar refractivity (Wildman–Crippen MR) is 135 cm³/mol. The quantitative estimate of drug-likeness (QED) is 0.289. The molecular formula is C27H22N2O3S. The molecule has 0 bridgehead atoms. The number of thiazole rings is 1. The Bertz CT molecular complexity index is 1510. The van der Waals surface area contributed by atoms with Gasteiger partial charge in [0, 0.05) is 28.7 Å². The van der Waals surface area contributed by atoms with Gasteiger partial charge >= 0.3 is 0 Å². The molecule has 0 unspecified atom stereocenters. The summed E-state index contributed by atoms with van der Waals surface area (Å²) >= 11 is 1.46. The number of anilines is 1. The van der Waals surface area contributed by atoms with Crippen LogP contribution in [0.5, 0.6) is 5.75 Å². The maximum atomic E-state index is 12.8. The van der Waals surface area contributed by atoms with Crippen molar-refractivity contribution in [2.75, 3.05) is 12.4 Å². The SMILES string of the molecule is COc1cc2occ(-c3ccccc3)c2cc1/C(C)=C/C(=O)Nc1nc2c(C)cccc2s1. The molecule has 0 spiro atoms. The number of aryl methyl sites for hydroxylation is 1. The fraction of sp³-hybridized carbons (Fsp3) is 0.111. The predicted octanol–water partition coefficient (Wildman–Crippen LogP) is 7.07. The highest BCUT2D eigenvalue weighted by molar-refractivity contribution is 7.22. The molecule has 5 aromatic rings. The fourth-order valence-corrected chi connectivity index (χ4v) is 4.88. The molecule has 1 amide bonds. The maximum absolute atomic E-state index is 12.8. The zero-order chi connectivity index (χ0) is 22.9. The van der Waals surface area contributed by atoms with Crippen LogP contribution in [-0.4, -0.2) is 18.0 Å². The van der Waals surface area contributed by atoms with Gasteiger partial charge in [0.25, 0.3) is 0 Å². The molecule has 6 heteroatoms.